The standard InChI is InChI=1S/C13H14N2O4S2/c1-7-10(11(16)15-8(6-19-2)13(17)18)21-12(14-7)9-4-3-5-20-9/h3-5,8H,6H2,1-2H3,(H,15,16)(H,17,18). The van der Waals surface area contributed by atoms with Crippen molar-refractivity contribution in [1.29, 1.82) is 0 Å². The van der Waals surface area contributed by atoms with Gasteiger partial charge in [-0.15, -0.1) is 22.7 Å². The number of aliphatic carboxylic acids is 1. The van der Waals surface area contributed by atoms with Gasteiger partial charge in [0.1, 0.15) is 9.88 Å². The highest BCUT2D eigenvalue weighted by Gasteiger charge is 2.23. The summed E-state index contributed by atoms with van der Waals surface area (Å²) in [6.07, 6.45) is 0. The first kappa shape index (κ1) is 15.6. The van der Waals surface area contributed by atoms with Gasteiger partial charge in [0.2, 0.25) is 0 Å². The van der Waals surface area contributed by atoms with Gasteiger partial charge < -0.3 is 15.2 Å². The number of hydrogen-bond donors (Lipinski definition) is 2. The van der Waals surface area contributed by atoms with Crippen LogP contribution in [0.15, 0.2) is 17.5 Å². The molecule has 0 aliphatic rings. The van der Waals surface area contributed by atoms with Crippen LogP contribution in [0, 0.1) is 6.92 Å². The fourth-order valence-corrected chi connectivity index (χ4v) is 3.44. The second-order valence-corrected chi connectivity index (χ2v) is 6.18. The van der Waals surface area contributed by atoms with Crippen LogP contribution in [0.5, 0.6) is 0 Å². The summed E-state index contributed by atoms with van der Waals surface area (Å²) in [6, 6.07) is 2.76. The molecule has 0 radical (unpaired) electrons. The molecule has 0 spiro atoms. The number of nitrogens with zero attached hydrogens (tertiary/aromatic N) is 1. The molecule has 0 aromatic carbocycles. The second kappa shape index (κ2) is 6.79. The maximum atomic E-state index is 12.2. The highest BCUT2D eigenvalue weighted by molar-refractivity contribution is 7.22. The summed E-state index contributed by atoms with van der Waals surface area (Å²) in [5.41, 5.74) is 0.586. The van der Waals surface area contributed by atoms with Crippen molar-refractivity contribution in [2.75, 3.05) is 13.7 Å². The van der Waals surface area contributed by atoms with Crippen LogP contribution in [0.4, 0.5) is 0 Å². The molecule has 0 saturated carbocycles. The number of nitrogens with one attached hydrogen (secondary N) is 1. The van der Waals surface area contributed by atoms with Crippen molar-refractivity contribution in [1.82, 2.24) is 10.3 Å². The Bertz CT molecular complexity index is 637. The number of methoxy groups -OCH3 is 1. The van der Waals surface area contributed by atoms with E-state index in [1.54, 1.807) is 6.92 Å². The normalized spacial score (nSPS) is 12.1. The molecule has 1 atom stereocenters. The summed E-state index contributed by atoms with van der Waals surface area (Å²) in [6.45, 7) is 1.64. The lowest BCUT2D eigenvalue weighted by Gasteiger charge is -2.12. The summed E-state index contributed by atoms with van der Waals surface area (Å²) in [5.74, 6) is -1.58. The van der Waals surface area contributed by atoms with Gasteiger partial charge in [-0.3, -0.25) is 4.79 Å². The predicted molar refractivity (Wildman–Crippen MR) is 80.9 cm³/mol. The van der Waals surface area contributed by atoms with Crippen LogP contribution in [0.2, 0.25) is 0 Å². The average molecular weight is 326 g/mol. The van der Waals surface area contributed by atoms with E-state index >= 15 is 0 Å². The number of aryl methyl sites for hydroxylation is 1. The Morgan fingerprint density at radius 1 is 1.52 bits per heavy atom. The molecule has 0 saturated heterocycles. The number of rotatable bonds is 6. The van der Waals surface area contributed by atoms with Gasteiger partial charge >= 0.3 is 5.97 Å². The summed E-state index contributed by atoms with van der Waals surface area (Å²) < 4.78 is 4.79. The Kier molecular flexibility index (Phi) is 5.05. The van der Waals surface area contributed by atoms with Crippen LogP contribution in [0.3, 0.4) is 0 Å². The molecule has 2 rings (SSSR count). The van der Waals surface area contributed by atoms with Crippen LogP contribution >= 0.6 is 22.7 Å². The van der Waals surface area contributed by atoms with Crippen molar-refractivity contribution in [2.45, 2.75) is 13.0 Å². The summed E-state index contributed by atoms with van der Waals surface area (Å²) in [7, 11) is 1.38. The Hall–Kier alpha value is -1.77. The van der Waals surface area contributed by atoms with E-state index in [9.17, 15) is 9.59 Å². The van der Waals surface area contributed by atoms with Gasteiger partial charge in [0.05, 0.1) is 17.2 Å². The van der Waals surface area contributed by atoms with Crippen LogP contribution in [0.1, 0.15) is 15.4 Å². The average Bonchev–Trinajstić information content (AvgIpc) is 3.06. The highest BCUT2D eigenvalue weighted by atomic mass is 32.1. The maximum Gasteiger partial charge on any atom is 0.328 e. The molecule has 21 heavy (non-hydrogen) atoms. The molecule has 2 aromatic heterocycles. The Balaban J connectivity index is 2.18. The van der Waals surface area contributed by atoms with E-state index in [-0.39, 0.29) is 6.61 Å². The van der Waals surface area contributed by atoms with E-state index in [4.69, 9.17) is 9.84 Å². The lowest BCUT2D eigenvalue weighted by atomic mass is 10.3. The van der Waals surface area contributed by atoms with Gasteiger partial charge in [0.15, 0.2) is 6.04 Å². The number of carboxylic acids is 1. The second-order valence-electron chi connectivity index (χ2n) is 4.23. The number of ether oxygens (including phenoxy) is 1. The minimum Gasteiger partial charge on any atom is -0.480 e. The molecular formula is C13H14N2O4S2. The summed E-state index contributed by atoms with van der Waals surface area (Å²) in [5, 5.41) is 14.2. The van der Waals surface area contributed by atoms with Crippen LogP contribution in [-0.2, 0) is 9.53 Å². The van der Waals surface area contributed by atoms with Gasteiger partial charge in [-0.1, -0.05) is 6.07 Å². The van der Waals surface area contributed by atoms with Gasteiger partial charge in [-0.2, -0.15) is 0 Å². The van der Waals surface area contributed by atoms with E-state index < -0.39 is 17.9 Å². The molecule has 0 aliphatic carbocycles. The third kappa shape index (κ3) is 3.66. The van der Waals surface area contributed by atoms with Gasteiger partial charge in [0.25, 0.3) is 5.91 Å². The van der Waals surface area contributed by atoms with E-state index in [0.717, 1.165) is 9.88 Å². The minimum absolute atomic E-state index is 0.0866. The molecule has 1 unspecified atom stereocenters. The lowest BCUT2D eigenvalue weighted by Crippen LogP contribution is -2.43. The SMILES string of the molecule is COCC(NC(=O)c1sc(-c2cccs2)nc1C)C(=O)O. The van der Waals surface area contributed by atoms with Crippen molar-refractivity contribution in [3.05, 3.63) is 28.1 Å². The highest BCUT2D eigenvalue weighted by Crippen LogP contribution is 2.30. The molecule has 2 heterocycles. The maximum absolute atomic E-state index is 12.2. The summed E-state index contributed by atoms with van der Waals surface area (Å²) in [4.78, 5) is 29.0. The van der Waals surface area contributed by atoms with E-state index in [0.29, 0.717) is 10.6 Å². The predicted octanol–water partition coefficient (Wildman–Crippen LogP) is 2.01. The third-order valence-corrected chi connectivity index (χ3v) is 4.87. The van der Waals surface area contributed by atoms with Crippen LogP contribution in [0.25, 0.3) is 9.88 Å². The molecule has 112 valence electrons. The number of carboxylic acid groups (broad SMARTS) is 1. The van der Waals surface area contributed by atoms with Gasteiger partial charge in [-0.25, -0.2) is 9.78 Å². The number of carbonyl (C=O) groups is 2. The van der Waals surface area contributed by atoms with Gasteiger partial charge in [-0.05, 0) is 18.4 Å². The monoisotopic (exact) mass is 326 g/mol. The van der Waals surface area contributed by atoms with E-state index in [2.05, 4.69) is 10.3 Å². The van der Waals surface area contributed by atoms with Crippen molar-refractivity contribution in [2.24, 2.45) is 0 Å². The third-order valence-electron chi connectivity index (χ3n) is 2.67. The molecular weight excluding hydrogens is 312 g/mol. The van der Waals surface area contributed by atoms with Crippen LogP contribution in [-0.4, -0.2) is 41.7 Å². The summed E-state index contributed by atoms with van der Waals surface area (Å²) >= 11 is 2.79. The zero-order valence-electron chi connectivity index (χ0n) is 11.5. The zero-order valence-corrected chi connectivity index (χ0v) is 13.1. The molecule has 2 aromatic rings. The van der Waals surface area contributed by atoms with Crippen molar-refractivity contribution < 1.29 is 19.4 Å². The topological polar surface area (TPSA) is 88.5 Å². The largest absolute Gasteiger partial charge is 0.480 e. The molecule has 0 bridgehead atoms. The minimum atomic E-state index is -1.13. The quantitative estimate of drug-likeness (QED) is 0.848. The fourth-order valence-electron chi connectivity index (χ4n) is 1.68. The van der Waals surface area contributed by atoms with E-state index in [1.165, 1.54) is 29.8 Å². The Morgan fingerprint density at radius 3 is 2.86 bits per heavy atom. The van der Waals surface area contributed by atoms with Crippen LogP contribution < -0.4 is 5.32 Å². The first-order chi connectivity index (χ1) is 10.0. The zero-order chi connectivity index (χ0) is 15.4. The van der Waals surface area contributed by atoms with Crippen molar-refractivity contribution in [3.63, 3.8) is 0 Å². The molecule has 6 nitrogen and oxygen atoms in total. The van der Waals surface area contributed by atoms with Crippen molar-refractivity contribution in [3.8, 4) is 9.88 Å². The smallest absolute Gasteiger partial charge is 0.328 e. The first-order valence-electron chi connectivity index (χ1n) is 6.07. The Labute approximate surface area is 129 Å². The van der Waals surface area contributed by atoms with Crippen molar-refractivity contribution >= 4 is 34.6 Å². The van der Waals surface area contributed by atoms with E-state index in [1.807, 2.05) is 17.5 Å². The fraction of sp³-hybridized carbons (Fsp3) is 0.308. The first-order valence-corrected chi connectivity index (χ1v) is 7.76. The lowest BCUT2D eigenvalue weighted by molar-refractivity contribution is -0.140. The number of thiophene rings is 1. The number of aromatic nitrogens is 1. The molecule has 2 N–H and O–H groups in total. The molecule has 0 fully saturated rings. The number of hydrogen-bond acceptors (Lipinski definition) is 6. The number of carbonyl (C=O) groups excluding carboxylic acids is 1. The number of thiazole rings is 1. The molecule has 1 amide bonds. The number of amides is 1. The molecule has 8 heteroatoms. The Morgan fingerprint density at radius 2 is 2.29 bits per heavy atom. The molecule has 0 aliphatic heterocycles. The van der Waals surface area contributed by atoms with Gasteiger partial charge in [0, 0.05) is 7.11 Å².